The van der Waals surface area contributed by atoms with Gasteiger partial charge in [-0.15, -0.1) is 0 Å². The van der Waals surface area contributed by atoms with E-state index in [0.717, 1.165) is 16.2 Å². The highest BCUT2D eigenvalue weighted by atomic mass is 32.2. The average Bonchev–Trinajstić information content (AvgIpc) is 3.07. The minimum atomic E-state index is -0.231. The first-order chi connectivity index (χ1) is 14.1. The number of imidazole rings is 1. The third-order valence-corrected chi connectivity index (χ3v) is 5.20. The maximum Gasteiger partial charge on any atom is 0.250 e. The third-order valence-electron chi connectivity index (χ3n) is 4.17. The Morgan fingerprint density at radius 2 is 1.86 bits per heavy atom. The van der Waals surface area contributed by atoms with Gasteiger partial charge in [-0.05, 0) is 24.3 Å². The number of aryl methyl sites for hydroxylation is 1. The van der Waals surface area contributed by atoms with E-state index in [-0.39, 0.29) is 11.7 Å². The fraction of sp³-hybridized carbons (Fsp3) is 0.250. The summed E-state index contributed by atoms with van der Waals surface area (Å²) in [5.74, 6) is 1.49. The molecule has 0 spiro atoms. The summed E-state index contributed by atoms with van der Waals surface area (Å²) in [5.41, 5.74) is 5.14. The van der Waals surface area contributed by atoms with Crippen LogP contribution in [0, 0.1) is 0 Å². The molecule has 2 aromatic carbocycles. The second-order valence-electron chi connectivity index (χ2n) is 5.98. The van der Waals surface area contributed by atoms with Gasteiger partial charge in [0.1, 0.15) is 0 Å². The van der Waals surface area contributed by atoms with Crippen LogP contribution in [0.15, 0.2) is 46.7 Å². The summed E-state index contributed by atoms with van der Waals surface area (Å²) in [6.07, 6.45) is 1.52. The molecule has 0 saturated heterocycles. The van der Waals surface area contributed by atoms with Gasteiger partial charge in [0.2, 0.25) is 5.75 Å². The predicted molar refractivity (Wildman–Crippen MR) is 113 cm³/mol. The first-order valence-electron chi connectivity index (χ1n) is 8.73. The molecule has 1 aromatic heterocycles. The normalized spacial score (nSPS) is 11.0. The van der Waals surface area contributed by atoms with Crippen LogP contribution in [0.3, 0.4) is 0 Å². The summed E-state index contributed by atoms with van der Waals surface area (Å²) in [7, 11) is 6.55. The molecule has 0 radical (unpaired) electrons. The smallest absolute Gasteiger partial charge is 0.250 e. The average molecular weight is 414 g/mol. The Hall–Kier alpha value is -3.20. The number of nitrogens with one attached hydrogen (secondary N) is 1. The first-order valence-corrected chi connectivity index (χ1v) is 9.72. The molecule has 0 saturated carbocycles. The van der Waals surface area contributed by atoms with Crippen LogP contribution in [0.2, 0.25) is 0 Å². The molecule has 0 aliphatic carbocycles. The van der Waals surface area contributed by atoms with E-state index in [4.69, 9.17) is 14.2 Å². The summed E-state index contributed by atoms with van der Waals surface area (Å²) >= 11 is 1.35. The number of hydrazone groups is 1. The number of fused-ring (bicyclic) bond motifs is 1. The SMILES string of the molecule is COc1cc(/C=N/NC(=O)CSc2nc3ccccc3n2C)cc(OC)c1OC. The minimum Gasteiger partial charge on any atom is -0.493 e. The summed E-state index contributed by atoms with van der Waals surface area (Å²) in [4.78, 5) is 16.7. The van der Waals surface area contributed by atoms with Crippen molar-refractivity contribution in [1.82, 2.24) is 15.0 Å². The van der Waals surface area contributed by atoms with Gasteiger partial charge in [0, 0.05) is 12.6 Å². The van der Waals surface area contributed by atoms with E-state index in [1.807, 2.05) is 35.9 Å². The number of amides is 1. The number of carbonyl (C=O) groups excluding carboxylic acids is 1. The molecule has 3 aromatic rings. The fourth-order valence-electron chi connectivity index (χ4n) is 2.77. The topological polar surface area (TPSA) is 87.0 Å². The van der Waals surface area contributed by atoms with Gasteiger partial charge in [-0.25, -0.2) is 10.4 Å². The van der Waals surface area contributed by atoms with Crippen LogP contribution in [0.1, 0.15) is 5.56 Å². The zero-order chi connectivity index (χ0) is 20.8. The Balaban J connectivity index is 1.61. The van der Waals surface area contributed by atoms with Crippen LogP contribution in [0.5, 0.6) is 17.2 Å². The molecule has 1 N–H and O–H groups in total. The van der Waals surface area contributed by atoms with Gasteiger partial charge in [-0.2, -0.15) is 5.10 Å². The monoisotopic (exact) mass is 414 g/mol. The number of hydrogen-bond acceptors (Lipinski definition) is 7. The fourth-order valence-corrected chi connectivity index (χ4v) is 3.55. The Kier molecular flexibility index (Phi) is 6.61. The number of para-hydroxylation sites is 2. The molecule has 8 nitrogen and oxygen atoms in total. The van der Waals surface area contributed by atoms with Gasteiger partial charge in [0.05, 0.1) is 44.3 Å². The Bertz CT molecular complexity index is 1020. The number of benzene rings is 2. The largest absolute Gasteiger partial charge is 0.493 e. The van der Waals surface area contributed by atoms with E-state index in [9.17, 15) is 4.79 Å². The highest BCUT2D eigenvalue weighted by Crippen LogP contribution is 2.37. The molecule has 0 unspecified atom stereocenters. The standard InChI is InChI=1S/C20H22N4O4S/c1-24-15-8-6-5-7-14(15)22-20(24)29-12-18(25)23-21-11-13-9-16(26-2)19(28-4)17(10-13)27-3/h5-11H,12H2,1-4H3,(H,23,25)/b21-11+. The molecule has 0 aliphatic rings. The number of rotatable bonds is 8. The zero-order valence-corrected chi connectivity index (χ0v) is 17.4. The molecular weight excluding hydrogens is 392 g/mol. The van der Waals surface area contributed by atoms with Crippen molar-refractivity contribution >= 4 is 34.9 Å². The van der Waals surface area contributed by atoms with E-state index in [1.165, 1.54) is 39.3 Å². The van der Waals surface area contributed by atoms with Crippen molar-refractivity contribution in [2.45, 2.75) is 5.16 Å². The number of thioether (sulfide) groups is 1. The highest BCUT2D eigenvalue weighted by Gasteiger charge is 2.13. The Labute approximate surface area is 172 Å². The quantitative estimate of drug-likeness (QED) is 0.347. The van der Waals surface area contributed by atoms with Crippen molar-refractivity contribution in [1.29, 1.82) is 0 Å². The van der Waals surface area contributed by atoms with Crippen molar-refractivity contribution in [3.05, 3.63) is 42.0 Å². The lowest BCUT2D eigenvalue weighted by molar-refractivity contribution is -0.118. The molecule has 152 valence electrons. The maximum atomic E-state index is 12.1. The van der Waals surface area contributed by atoms with Crippen molar-refractivity contribution in [2.24, 2.45) is 12.1 Å². The lowest BCUT2D eigenvalue weighted by Gasteiger charge is -2.12. The van der Waals surface area contributed by atoms with Gasteiger partial charge in [0.25, 0.3) is 5.91 Å². The lowest BCUT2D eigenvalue weighted by Crippen LogP contribution is -2.19. The van der Waals surface area contributed by atoms with Gasteiger partial charge in [0.15, 0.2) is 16.7 Å². The van der Waals surface area contributed by atoms with E-state index >= 15 is 0 Å². The number of nitrogens with zero attached hydrogens (tertiary/aromatic N) is 3. The number of hydrogen-bond donors (Lipinski definition) is 1. The van der Waals surface area contributed by atoms with E-state index in [0.29, 0.717) is 22.8 Å². The molecule has 1 amide bonds. The van der Waals surface area contributed by atoms with E-state index < -0.39 is 0 Å². The molecule has 3 rings (SSSR count). The Morgan fingerprint density at radius 3 is 2.48 bits per heavy atom. The van der Waals surface area contributed by atoms with Gasteiger partial charge in [-0.3, -0.25) is 4.79 Å². The molecule has 1 heterocycles. The van der Waals surface area contributed by atoms with Gasteiger partial charge < -0.3 is 18.8 Å². The van der Waals surface area contributed by atoms with Crippen LogP contribution < -0.4 is 19.6 Å². The van der Waals surface area contributed by atoms with Crippen molar-refractivity contribution in [3.8, 4) is 17.2 Å². The molecule has 0 aliphatic heterocycles. The molecule has 0 fully saturated rings. The summed E-state index contributed by atoms with van der Waals surface area (Å²) in [5, 5.41) is 4.78. The number of carbonyl (C=O) groups is 1. The van der Waals surface area contributed by atoms with Gasteiger partial charge in [-0.1, -0.05) is 23.9 Å². The molecule has 29 heavy (non-hydrogen) atoms. The van der Waals surface area contributed by atoms with Crippen molar-refractivity contribution in [2.75, 3.05) is 27.1 Å². The molecule has 0 bridgehead atoms. The maximum absolute atomic E-state index is 12.1. The third kappa shape index (κ3) is 4.62. The van der Waals surface area contributed by atoms with Crippen LogP contribution in [-0.2, 0) is 11.8 Å². The highest BCUT2D eigenvalue weighted by molar-refractivity contribution is 7.99. The van der Waals surface area contributed by atoms with E-state index in [2.05, 4.69) is 15.5 Å². The lowest BCUT2D eigenvalue weighted by atomic mass is 10.2. The van der Waals surface area contributed by atoms with Crippen molar-refractivity contribution < 1.29 is 19.0 Å². The number of aromatic nitrogens is 2. The predicted octanol–water partition coefficient (Wildman–Crippen LogP) is 2.84. The minimum absolute atomic E-state index is 0.198. The van der Waals surface area contributed by atoms with Gasteiger partial charge >= 0.3 is 0 Å². The zero-order valence-electron chi connectivity index (χ0n) is 16.6. The summed E-state index contributed by atoms with van der Waals surface area (Å²) in [6.45, 7) is 0. The van der Waals surface area contributed by atoms with E-state index in [1.54, 1.807) is 12.1 Å². The second kappa shape index (κ2) is 9.33. The molecule has 0 atom stereocenters. The van der Waals surface area contributed by atoms with Crippen molar-refractivity contribution in [3.63, 3.8) is 0 Å². The summed E-state index contributed by atoms with van der Waals surface area (Å²) in [6, 6.07) is 11.3. The number of methoxy groups -OCH3 is 3. The van der Waals surface area contributed by atoms with Crippen LogP contribution in [-0.4, -0.2) is 48.8 Å². The van der Waals surface area contributed by atoms with Crippen LogP contribution in [0.4, 0.5) is 0 Å². The Morgan fingerprint density at radius 1 is 1.17 bits per heavy atom. The second-order valence-corrected chi connectivity index (χ2v) is 6.93. The summed E-state index contributed by atoms with van der Waals surface area (Å²) < 4.78 is 17.9. The molecular formula is C20H22N4O4S. The molecule has 9 heteroatoms. The number of ether oxygens (including phenoxy) is 3. The van der Waals surface area contributed by atoms with Crippen LogP contribution in [0.25, 0.3) is 11.0 Å². The first kappa shape index (κ1) is 20.5. The van der Waals surface area contributed by atoms with Crippen LogP contribution >= 0.6 is 11.8 Å².